The van der Waals surface area contributed by atoms with Gasteiger partial charge in [-0.15, -0.1) is 11.3 Å². The second-order valence-electron chi connectivity index (χ2n) is 5.95. The van der Waals surface area contributed by atoms with Crippen molar-refractivity contribution < 1.29 is 14.3 Å². The summed E-state index contributed by atoms with van der Waals surface area (Å²) in [6, 6.07) is 0. The third kappa shape index (κ3) is 4.33. The van der Waals surface area contributed by atoms with E-state index in [1.807, 2.05) is 13.8 Å². The van der Waals surface area contributed by atoms with Crippen LogP contribution in [-0.4, -0.2) is 41.0 Å². The van der Waals surface area contributed by atoms with Crippen molar-refractivity contribution in [3.8, 4) is 0 Å². The quantitative estimate of drug-likeness (QED) is 0.298. The zero-order chi connectivity index (χ0) is 17.6. The van der Waals surface area contributed by atoms with Gasteiger partial charge >= 0.3 is 5.97 Å². The Kier molecular flexibility index (Phi) is 6.67. The maximum atomic E-state index is 12.4. The van der Waals surface area contributed by atoms with Gasteiger partial charge in [-0.2, -0.15) is 0 Å². The Hall–Kier alpha value is -1.18. The monoisotopic (exact) mass is 380 g/mol. The summed E-state index contributed by atoms with van der Waals surface area (Å²) in [6.45, 7) is 5.30. The van der Waals surface area contributed by atoms with Gasteiger partial charge in [0.1, 0.15) is 28.0 Å². The molecule has 2 aromatic rings. The maximum absolute atomic E-state index is 12.4. The molecule has 2 aromatic heterocycles. The lowest BCUT2D eigenvalue weighted by Crippen LogP contribution is -2.21. The minimum Gasteiger partial charge on any atom is -0.462 e. The lowest BCUT2D eigenvalue weighted by Gasteiger charge is -2.15. The highest BCUT2D eigenvalue weighted by Gasteiger charge is 2.25. The first-order valence-electron chi connectivity index (χ1n) is 8.90. The van der Waals surface area contributed by atoms with Gasteiger partial charge in [0.05, 0.1) is 6.61 Å². The van der Waals surface area contributed by atoms with Crippen LogP contribution in [0.4, 0.5) is 0 Å². The Morgan fingerprint density at radius 1 is 1.28 bits per heavy atom. The number of carbonyl (C=O) groups is 1. The van der Waals surface area contributed by atoms with Crippen LogP contribution in [0, 0.1) is 0 Å². The van der Waals surface area contributed by atoms with Gasteiger partial charge in [-0.05, 0) is 44.6 Å². The molecule has 1 unspecified atom stereocenters. The first-order chi connectivity index (χ1) is 12.2. The SMILES string of the molecule is CCOCCOC(=O)C(CC)Sc1ncnc2sc3c(c12)CCCC3. The summed E-state index contributed by atoms with van der Waals surface area (Å²) in [4.78, 5) is 23.8. The summed E-state index contributed by atoms with van der Waals surface area (Å²) in [5.41, 5.74) is 1.40. The van der Waals surface area contributed by atoms with Gasteiger partial charge in [-0.25, -0.2) is 9.97 Å². The van der Waals surface area contributed by atoms with E-state index in [9.17, 15) is 4.79 Å². The summed E-state index contributed by atoms with van der Waals surface area (Å²) in [5.74, 6) is -0.192. The fourth-order valence-electron chi connectivity index (χ4n) is 3.02. The number of thiophene rings is 1. The summed E-state index contributed by atoms with van der Waals surface area (Å²) in [6.07, 6.45) is 7.01. The van der Waals surface area contributed by atoms with Crippen molar-refractivity contribution in [2.24, 2.45) is 0 Å². The van der Waals surface area contributed by atoms with Crippen LogP contribution in [0.5, 0.6) is 0 Å². The minimum absolute atomic E-state index is 0.192. The Bertz CT molecular complexity index is 732. The molecule has 0 bridgehead atoms. The lowest BCUT2D eigenvalue weighted by molar-refractivity contribution is -0.144. The summed E-state index contributed by atoms with van der Waals surface area (Å²) in [7, 11) is 0. The molecule has 3 rings (SSSR count). The Morgan fingerprint density at radius 3 is 2.92 bits per heavy atom. The molecule has 0 spiro atoms. The minimum atomic E-state index is -0.251. The van der Waals surface area contributed by atoms with Gasteiger partial charge in [0, 0.05) is 16.9 Å². The number of nitrogens with zero attached hydrogens (tertiary/aromatic N) is 2. The van der Waals surface area contributed by atoms with E-state index >= 15 is 0 Å². The number of fused-ring (bicyclic) bond motifs is 3. The van der Waals surface area contributed by atoms with Crippen molar-refractivity contribution in [1.82, 2.24) is 9.97 Å². The zero-order valence-corrected chi connectivity index (χ0v) is 16.4. The van der Waals surface area contributed by atoms with Crippen molar-refractivity contribution in [3.05, 3.63) is 16.8 Å². The molecule has 25 heavy (non-hydrogen) atoms. The molecule has 1 aliphatic rings. The van der Waals surface area contributed by atoms with E-state index in [-0.39, 0.29) is 11.2 Å². The molecular formula is C18H24N2O3S2. The second-order valence-corrected chi connectivity index (χ2v) is 8.22. The molecule has 5 nitrogen and oxygen atoms in total. The molecule has 0 saturated heterocycles. The average molecular weight is 381 g/mol. The number of ether oxygens (including phenoxy) is 2. The van der Waals surface area contributed by atoms with E-state index in [4.69, 9.17) is 9.47 Å². The molecule has 2 heterocycles. The Balaban J connectivity index is 1.76. The van der Waals surface area contributed by atoms with Crippen molar-refractivity contribution in [2.75, 3.05) is 19.8 Å². The van der Waals surface area contributed by atoms with E-state index in [0.717, 1.165) is 28.1 Å². The van der Waals surface area contributed by atoms with Crippen molar-refractivity contribution in [3.63, 3.8) is 0 Å². The number of carbonyl (C=O) groups excluding carboxylic acids is 1. The van der Waals surface area contributed by atoms with E-state index in [1.165, 1.54) is 35.0 Å². The number of rotatable bonds is 8. The highest BCUT2D eigenvalue weighted by Crippen LogP contribution is 2.40. The van der Waals surface area contributed by atoms with Gasteiger partial charge in [0.15, 0.2) is 0 Å². The van der Waals surface area contributed by atoms with Crippen LogP contribution in [0.3, 0.4) is 0 Å². The van der Waals surface area contributed by atoms with E-state index in [2.05, 4.69) is 9.97 Å². The number of hydrogen-bond donors (Lipinski definition) is 0. The van der Waals surface area contributed by atoms with E-state index in [1.54, 1.807) is 17.7 Å². The lowest BCUT2D eigenvalue weighted by atomic mass is 9.97. The van der Waals surface area contributed by atoms with Crippen molar-refractivity contribution >= 4 is 39.3 Å². The van der Waals surface area contributed by atoms with Crippen molar-refractivity contribution in [2.45, 2.75) is 56.2 Å². The van der Waals surface area contributed by atoms with Crippen LogP contribution in [0.15, 0.2) is 11.4 Å². The molecule has 1 atom stereocenters. The highest BCUT2D eigenvalue weighted by molar-refractivity contribution is 8.00. The smallest absolute Gasteiger partial charge is 0.319 e. The Morgan fingerprint density at radius 2 is 2.12 bits per heavy atom. The first kappa shape index (κ1) is 18.6. The molecule has 0 aromatic carbocycles. The van der Waals surface area contributed by atoms with Gasteiger partial charge in [0.25, 0.3) is 0 Å². The zero-order valence-electron chi connectivity index (χ0n) is 14.7. The average Bonchev–Trinajstić information content (AvgIpc) is 3.02. The molecule has 0 radical (unpaired) electrons. The third-order valence-electron chi connectivity index (χ3n) is 4.28. The van der Waals surface area contributed by atoms with Crippen LogP contribution in [0.2, 0.25) is 0 Å². The Labute approximate surface area is 156 Å². The van der Waals surface area contributed by atoms with E-state index in [0.29, 0.717) is 26.2 Å². The topological polar surface area (TPSA) is 61.3 Å². The highest BCUT2D eigenvalue weighted by atomic mass is 32.2. The molecule has 136 valence electrons. The van der Waals surface area contributed by atoms with Crippen LogP contribution in [0.1, 0.15) is 43.6 Å². The standard InChI is InChI=1S/C18H24N2O3S2/c1-3-13(18(21)23-10-9-22-4-2)24-16-15-12-7-5-6-8-14(12)25-17(15)20-11-19-16/h11,13H,3-10H2,1-2H3. The predicted octanol–water partition coefficient (Wildman–Crippen LogP) is 4.02. The molecule has 0 aliphatic heterocycles. The molecule has 0 amide bonds. The predicted molar refractivity (Wildman–Crippen MR) is 101 cm³/mol. The van der Waals surface area contributed by atoms with Crippen LogP contribution >= 0.6 is 23.1 Å². The van der Waals surface area contributed by atoms with Gasteiger partial charge in [-0.1, -0.05) is 18.7 Å². The van der Waals surface area contributed by atoms with Crippen molar-refractivity contribution in [1.29, 1.82) is 0 Å². The number of esters is 1. The summed E-state index contributed by atoms with van der Waals surface area (Å²) in [5, 5.41) is 1.82. The molecule has 7 heteroatoms. The third-order valence-corrected chi connectivity index (χ3v) is 6.82. The van der Waals surface area contributed by atoms with Crippen LogP contribution in [-0.2, 0) is 27.1 Å². The molecule has 0 N–H and O–H groups in total. The first-order valence-corrected chi connectivity index (χ1v) is 10.6. The summed E-state index contributed by atoms with van der Waals surface area (Å²) < 4.78 is 10.6. The van der Waals surface area contributed by atoms with Gasteiger partial charge in [0.2, 0.25) is 0 Å². The number of aryl methyl sites for hydroxylation is 2. The largest absolute Gasteiger partial charge is 0.462 e. The van der Waals surface area contributed by atoms with Gasteiger partial charge in [-0.3, -0.25) is 4.79 Å². The molecule has 0 saturated carbocycles. The molecule has 1 aliphatic carbocycles. The van der Waals surface area contributed by atoms with Crippen LogP contribution < -0.4 is 0 Å². The fourth-order valence-corrected chi connectivity index (χ4v) is 5.36. The number of aromatic nitrogens is 2. The normalized spacial score (nSPS) is 15.1. The maximum Gasteiger partial charge on any atom is 0.319 e. The fraction of sp³-hybridized carbons (Fsp3) is 0.611. The molecular weight excluding hydrogens is 356 g/mol. The van der Waals surface area contributed by atoms with Crippen LogP contribution in [0.25, 0.3) is 10.2 Å². The van der Waals surface area contributed by atoms with E-state index < -0.39 is 0 Å². The molecule has 0 fully saturated rings. The number of hydrogen-bond acceptors (Lipinski definition) is 7. The van der Waals surface area contributed by atoms with Gasteiger partial charge < -0.3 is 9.47 Å². The number of thioether (sulfide) groups is 1. The summed E-state index contributed by atoms with van der Waals surface area (Å²) >= 11 is 3.29. The second kappa shape index (κ2) is 8.96.